The van der Waals surface area contributed by atoms with Crippen LogP contribution in [0.15, 0.2) is 30.4 Å². The molecule has 2 nitrogen and oxygen atoms in total. The minimum Gasteiger partial charge on any atom is -0.497 e. The van der Waals surface area contributed by atoms with Crippen molar-refractivity contribution in [1.29, 1.82) is 0 Å². The molecule has 0 bridgehead atoms. The Morgan fingerprint density at radius 3 is 2.15 bits per heavy atom. The molecule has 1 aliphatic carbocycles. The molecule has 0 saturated carbocycles. The highest BCUT2D eigenvalue weighted by Gasteiger charge is 2.46. The van der Waals surface area contributed by atoms with Gasteiger partial charge in [0, 0.05) is 0 Å². The van der Waals surface area contributed by atoms with Gasteiger partial charge in [0.1, 0.15) is 5.75 Å². The standard InChI is InChI=1S/C24H40O2Si/c1-16(2)24(26-27(17(3)4,18(5)6)19(7)8)13-10-20-14-21-15-22(25-9)11-12-23(20)21/h11-12,15,17-20,24H,1,10,13-14H2,2-9H3/t20?,24-/m0/s1. The van der Waals surface area contributed by atoms with Gasteiger partial charge in [0.15, 0.2) is 0 Å². The van der Waals surface area contributed by atoms with Crippen LogP contribution in [0.1, 0.15) is 78.4 Å². The van der Waals surface area contributed by atoms with Crippen molar-refractivity contribution in [2.45, 2.75) is 96.4 Å². The lowest BCUT2D eigenvalue weighted by molar-refractivity contribution is 0.189. The second-order valence-electron chi connectivity index (χ2n) is 9.31. The van der Waals surface area contributed by atoms with E-state index in [4.69, 9.17) is 9.16 Å². The van der Waals surface area contributed by atoms with Crippen molar-refractivity contribution >= 4 is 8.32 Å². The van der Waals surface area contributed by atoms with E-state index in [9.17, 15) is 0 Å². The SMILES string of the molecule is C=C(C)[C@H](CCC1Cc2cc(OC)ccc21)O[Si](C(C)C)(C(C)C)C(C)C. The summed E-state index contributed by atoms with van der Waals surface area (Å²) in [7, 11) is -0.142. The monoisotopic (exact) mass is 388 g/mol. The maximum absolute atomic E-state index is 7.05. The van der Waals surface area contributed by atoms with Crippen molar-refractivity contribution in [2.24, 2.45) is 0 Å². The van der Waals surface area contributed by atoms with Crippen LogP contribution in [0.4, 0.5) is 0 Å². The number of fused-ring (bicyclic) bond motifs is 1. The van der Waals surface area contributed by atoms with Gasteiger partial charge < -0.3 is 9.16 Å². The van der Waals surface area contributed by atoms with Crippen molar-refractivity contribution in [2.75, 3.05) is 7.11 Å². The molecule has 0 aliphatic heterocycles. The molecule has 0 aromatic heterocycles. The summed E-state index contributed by atoms with van der Waals surface area (Å²) in [6.07, 6.45) is 3.60. The Morgan fingerprint density at radius 1 is 1.11 bits per heavy atom. The van der Waals surface area contributed by atoms with Crippen LogP contribution < -0.4 is 4.74 Å². The first-order valence-corrected chi connectivity index (χ1v) is 12.8. The highest BCUT2D eigenvalue weighted by Crippen LogP contribution is 2.45. The molecule has 0 amide bonds. The number of methoxy groups -OCH3 is 1. The summed E-state index contributed by atoms with van der Waals surface area (Å²) in [5.74, 6) is 1.63. The first-order valence-electron chi connectivity index (χ1n) is 10.6. The summed E-state index contributed by atoms with van der Waals surface area (Å²) in [6.45, 7) is 20.6. The largest absolute Gasteiger partial charge is 0.497 e. The fourth-order valence-corrected chi connectivity index (χ4v) is 10.8. The highest BCUT2D eigenvalue weighted by atomic mass is 28.4. The summed E-state index contributed by atoms with van der Waals surface area (Å²) < 4.78 is 12.4. The minimum atomic E-state index is -1.88. The summed E-state index contributed by atoms with van der Waals surface area (Å²) >= 11 is 0. The molecule has 152 valence electrons. The van der Waals surface area contributed by atoms with Crippen molar-refractivity contribution in [3.8, 4) is 5.75 Å². The minimum absolute atomic E-state index is 0.186. The first kappa shape index (κ1) is 22.2. The molecule has 0 spiro atoms. The van der Waals surface area contributed by atoms with Gasteiger partial charge in [-0.2, -0.15) is 0 Å². The molecule has 1 aromatic carbocycles. The van der Waals surface area contributed by atoms with E-state index >= 15 is 0 Å². The maximum atomic E-state index is 7.05. The van der Waals surface area contributed by atoms with Gasteiger partial charge in [-0.3, -0.25) is 0 Å². The Labute approximate surface area is 168 Å². The van der Waals surface area contributed by atoms with E-state index in [0.717, 1.165) is 18.6 Å². The molecule has 0 saturated heterocycles. The fraction of sp³-hybridized carbons (Fsp3) is 0.667. The van der Waals surface area contributed by atoms with Gasteiger partial charge in [0.2, 0.25) is 8.32 Å². The van der Waals surface area contributed by atoms with Crippen LogP contribution in [0.5, 0.6) is 5.75 Å². The third kappa shape index (κ3) is 4.51. The zero-order valence-electron chi connectivity index (χ0n) is 18.8. The van der Waals surface area contributed by atoms with E-state index in [1.807, 2.05) is 0 Å². The van der Waals surface area contributed by atoms with Crippen LogP contribution in [0, 0.1) is 0 Å². The average molecular weight is 389 g/mol. The highest BCUT2D eigenvalue weighted by molar-refractivity contribution is 6.77. The van der Waals surface area contributed by atoms with Crippen LogP contribution in [-0.2, 0) is 10.8 Å². The molecule has 27 heavy (non-hydrogen) atoms. The van der Waals surface area contributed by atoms with Gasteiger partial charge in [-0.15, -0.1) is 0 Å². The van der Waals surface area contributed by atoms with Crippen molar-refractivity contribution in [3.05, 3.63) is 41.5 Å². The topological polar surface area (TPSA) is 18.5 Å². The lowest BCUT2D eigenvalue weighted by Crippen LogP contribution is -2.50. The van der Waals surface area contributed by atoms with Gasteiger partial charge in [-0.1, -0.05) is 59.8 Å². The first-order chi connectivity index (χ1) is 12.6. The lowest BCUT2D eigenvalue weighted by atomic mass is 9.74. The number of ether oxygens (including phenoxy) is 1. The van der Waals surface area contributed by atoms with Crippen LogP contribution >= 0.6 is 0 Å². The molecule has 1 aromatic rings. The quantitative estimate of drug-likeness (QED) is 0.310. The van der Waals surface area contributed by atoms with Gasteiger partial charge in [0.05, 0.1) is 13.2 Å². The number of benzene rings is 1. The van der Waals surface area contributed by atoms with Gasteiger partial charge >= 0.3 is 0 Å². The van der Waals surface area contributed by atoms with Crippen LogP contribution in [0.2, 0.25) is 16.6 Å². The number of hydrogen-bond donors (Lipinski definition) is 0. The molecular formula is C24H40O2Si. The second kappa shape index (κ2) is 8.96. The van der Waals surface area contributed by atoms with Crippen LogP contribution in [0.3, 0.4) is 0 Å². The zero-order valence-corrected chi connectivity index (χ0v) is 19.8. The summed E-state index contributed by atoms with van der Waals surface area (Å²) in [6, 6.07) is 6.52. The molecule has 0 fully saturated rings. The molecule has 0 N–H and O–H groups in total. The van der Waals surface area contributed by atoms with E-state index in [1.54, 1.807) is 7.11 Å². The Kier molecular flexibility index (Phi) is 7.38. The fourth-order valence-electron chi connectivity index (χ4n) is 5.20. The smallest absolute Gasteiger partial charge is 0.201 e. The van der Waals surface area contributed by atoms with Crippen molar-refractivity contribution in [3.63, 3.8) is 0 Å². The van der Waals surface area contributed by atoms with E-state index in [2.05, 4.69) is 73.2 Å². The van der Waals surface area contributed by atoms with Gasteiger partial charge in [0.25, 0.3) is 0 Å². The Bertz CT molecular complexity index is 626. The predicted octanol–water partition coefficient (Wildman–Crippen LogP) is 7.25. The second-order valence-corrected chi connectivity index (χ2v) is 14.7. The molecule has 2 atom stereocenters. The van der Waals surface area contributed by atoms with Crippen molar-refractivity contribution in [1.82, 2.24) is 0 Å². The van der Waals surface area contributed by atoms with E-state index in [1.165, 1.54) is 23.1 Å². The third-order valence-corrected chi connectivity index (χ3v) is 12.7. The number of hydrogen-bond acceptors (Lipinski definition) is 2. The zero-order chi connectivity index (χ0) is 20.4. The average Bonchev–Trinajstić information content (AvgIpc) is 2.56. The Balaban J connectivity index is 2.08. The molecule has 2 rings (SSSR count). The summed E-state index contributed by atoms with van der Waals surface area (Å²) in [5, 5.41) is 0. The van der Waals surface area contributed by atoms with E-state index < -0.39 is 8.32 Å². The normalized spacial score (nSPS) is 17.8. The third-order valence-electron chi connectivity index (χ3n) is 6.64. The van der Waals surface area contributed by atoms with Crippen LogP contribution in [-0.4, -0.2) is 21.5 Å². The molecule has 3 heteroatoms. The Hall–Kier alpha value is -1.06. The van der Waals surface area contributed by atoms with E-state index in [0.29, 0.717) is 22.5 Å². The van der Waals surface area contributed by atoms with E-state index in [-0.39, 0.29) is 6.10 Å². The summed E-state index contributed by atoms with van der Waals surface area (Å²) in [4.78, 5) is 0. The number of rotatable bonds is 10. The van der Waals surface area contributed by atoms with Crippen LogP contribution in [0.25, 0.3) is 0 Å². The summed E-state index contributed by atoms with van der Waals surface area (Å²) in [5.41, 5.74) is 5.95. The lowest BCUT2D eigenvalue weighted by Gasteiger charge is -2.45. The van der Waals surface area contributed by atoms with Gasteiger partial charge in [-0.05, 0) is 72.0 Å². The van der Waals surface area contributed by atoms with Gasteiger partial charge in [-0.25, -0.2) is 0 Å². The molecule has 0 heterocycles. The maximum Gasteiger partial charge on any atom is 0.201 e. The van der Waals surface area contributed by atoms with Crippen molar-refractivity contribution < 1.29 is 9.16 Å². The molecule has 1 unspecified atom stereocenters. The molecular weight excluding hydrogens is 348 g/mol. The molecule has 0 radical (unpaired) electrons. The Morgan fingerprint density at radius 2 is 1.70 bits per heavy atom. The predicted molar refractivity (Wildman–Crippen MR) is 119 cm³/mol. The molecule has 1 aliphatic rings.